The van der Waals surface area contributed by atoms with Crippen LogP contribution in [0.1, 0.15) is 40.8 Å². The number of aliphatic hydroxyl groups excluding tert-OH is 1. The molecule has 0 bridgehead atoms. The van der Waals surface area contributed by atoms with Crippen molar-refractivity contribution in [1.29, 1.82) is 0 Å². The van der Waals surface area contributed by atoms with Crippen LogP contribution in [0.25, 0.3) is 16.0 Å². The molecule has 5 rings (SSSR count). The lowest BCUT2D eigenvalue weighted by molar-refractivity contribution is -0.132. The molecule has 1 aliphatic rings. The highest BCUT2D eigenvalue weighted by atomic mass is 32.1. The molecule has 2 heterocycles. The molecule has 1 saturated heterocycles. The molecule has 34 heavy (non-hydrogen) atoms. The van der Waals surface area contributed by atoms with E-state index in [0.717, 1.165) is 33.3 Å². The maximum Gasteiger partial charge on any atom is 0.301 e. The standard InChI is InChI=1S/C28H24N2O3S/c1-4-18-9-14-21-22(15-18)34-28(29-21)30-24(19-10-5-16(2)6-11-19)23(26(32)27(30)33)25(31)20-12-7-17(3)8-13-20/h5-15,24,31H,4H2,1-3H3/b25-23+/t24-/m1/s1. The predicted octanol–water partition coefficient (Wildman–Crippen LogP) is 6.10. The summed E-state index contributed by atoms with van der Waals surface area (Å²) in [7, 11) is 0. The zero-order valence-electron chi connectivity index (χ0n) is 19.2. The Morgan fingerprint density at radius 3 is 2.26 bits per heavy atom. The molecule has 4 aromatic rings. The summed E-state index contributed by atoms with van der Waals surface area (Å²) in [5.74, 6) is -1.58. The number of amides is 1. The molecule has 1 aromatic heterocycles. The quantitative estimate of drug-likeness (QED) is 0.223. The lowest BCUT2D eigenvalue weighted by atomic mass is 9.94. The van der Waals surface area contributed by atoms with Crippen molar-refractivity contribution in [2.45, 2.75) is 33.2 Å². The minimum Gasteiger partial charge on any atom is -0.507 e. The van der Waals surface area contributed by atoms with E-state index in [9.17, 15) is 14.7 Å². The molecule has 0 spiro atoms. The number of benzene rings is 3. The van der Waals surface area contributed by atoms with Crippen LogP contribution in [0.2, 0.25) is 0 Å². The monoisotopic (exact) mass is 468 g/mol. The van der Waals surface area contributed by atoms with E-state index in [-0.39, 0.29) is 11.3 Å². The molecule has 0 unspecified atom stereocenters. The number of aromatic nitrogens is 1. The molecular weight excluding hydrogens is 444 g/mol. The SMILES string of the molecule is CCc1ccc2nc(N3C(=O)C(=O)/C(=C(/O)c4ccc(C)cc4)[C@H]3c3ccc(C)cc3)sc2c1. The summed E-state index contributed by atoms with van der Waals surface area (Å²) in [6.45, 7) is 6.02. The third-order valence-corrected chi connectivity index (χ3v) is 7.24. The molecule has 1 N–H and O–H groups in total. The van der Waals surface area contributed by atoms with Gasteiger partial charge in [-0.25, -0.2) is 4.98 Å². The first-order chi connectivity index (χ1) is 16.4. The topological polar surface area (TPSA) is 70.5 Å². The van der Waals surface area contributed by atoms with Gasteiger partial charge in [0.15, 0.2) is 5.13 Å². The van der Waals surface area contributed by atoms with E-state index in [1.54, 1.807) is 12.1 Å². The molecular formula is C28H24N2O3S. The fraction of sp³-hybridized carbons (Fsp3) is 0.179. The van der Waals surface area contributed by atoms with Gasteiger partial charge in [0.2, 0.25) is 0 Å². The van der Waals surface area contributed by atoms with Crippen LogP contribution < -0.4 is 4.90 Å². The molecule has 170 valence electrons. The van der Waals surface area contributed by atoms with Gasteiger partial charge in [0, 0.05) is 5.56 Å². The molecule has 1 aliphatic heterocycles. The molecule has 0 aliphatic carbocycles. The average molecular weight is 469 g/mol. The van der Waals surface area contributed by atoms with Crippen LogP contribution in [-0.2, 0) is 16.0 Å². The Bertz CT molecular complexity index is 1450. The highest BCUT2D eigenvalue weighted by Crippen LogP contribution is 2.44. The van der Waals surface area contributed by atoms with Gasteiger partial charge in [-0.2, -0.15) is 0 Å². The van der Waals surface area contributed by atoms with E-state index < -0.39 is 17.7 Å². The Kier molecular flexibility index (Phi) is 5.54. The van der Waals surface area contributed by atoms with Crippen molar-refractivity contribution < 1.29 is 14.7 Å². The fourth-order valence-electron chi connectivity index (χ4n) is 4.24. The van der Waals surface area contributed by atoms with E-state index in [0.29, 0.717) is 10.7 Å². The number of nitrogens with zero attached hydrogens (tertiary/aromatic N) is 2. The molecule has 0 saturated carbocycles. The van der Waals surface area contributed by atoms with Crippen molar-refractivity contribution in [1.82, 2.24) is 4.98 Å². The number of rotatable bonds is 4. The third kappa shape index (κ3) is 3.70. The zero-order valence-corrected chi connectivity index (χ0v) is 20.0. The maximum absolute atomic E-state index is 13.4. The lowest BCUT2D eigenvalue weighted by Crippen LogP contribution is -2.29. The minimum atomic E-state index is -0.770. The van der Waals surface area contributed by atoms with Gasteiger partial charge in [0.25, 0.3) is 5.78 Å². The van der Waals surface area contributed by atoms with Crippen molar-refractivity contribution in [3.8, 4) is 0 Å². The number of carbonyl (C=O) groups excluding carboxylic acids is 2. The van der Waals surface area contributed by atoms with Gasteiger partial charge >= 0.3 is 5.91 Å². The van der Waals surface area contributed by atoms with Crippen LogP contribution in [0.4, 0.5) is 5.13 Å². The number of anilines is 1. The number of Topliss-reactive ketones (excluding diaryl/α,β-unsaturated/α-hetero) is 1. The van der Waals surface area contributed by atoms with Gasteiger partial charge in [-0.3, -0.25) is 14.5 Å². The lowest BCUT2D eigenvalue weighted by Gasteiger charge is -2.23. The second kappa shape index (κ2) is 8.54. The van der Waals surface area contributed by atoms with Crippen molar-refractivity contribution >= 4 is 44.1 Å². The summed E-state index contributed by atoms with van der Waals surface area (Å²) < 4.78 is 0.956. The highest BCUT2D eigenvalue weighted by molar-refractivity contribution is 7.22. The third-order valence-electron chi connectivity index (χ3n) is 6.22. The maximum atomic E-state index is 13.4. The summed E-state index contributed by atoms with van der Waals surface area (Å²) in [6, 6.07) is 20.2. The van der Waals surface area contributed by atoms with Gasteiger partial charge in [0.1, 0.15) is 5.76 Å². The van der Waals surface area contributed by atoms with Crippen LogP contribution in [0.3, 0.4) is 0 Å². The molecule has 0 radical (unpaired) electrons. The van der Waals surface area contributed by atoms with E-state index in [4.69, 9.17) is 4.98 Å². The number of hydrogen-bond acceptors (Lipinski definition) is 5. The Hall–Kier alpha value is -3.77. The Morgan fingerprint density at radius 1 is 0.971 bits per heavy atom. The summed E-state index contributed by atoms with van der Waals surface area (Å²) in [5.41, 5.74) is 5.37. The first-order valence-electron chi connectivity index (χ1n) is 11.2. The van der Waals surface area contributed by atoms with Crippen LogP contribution in [0.5, 0.6) is 0 Å². The van der Waals surface area contributed by atoms with E-state index >= 15 is 0 Å². The number of thiazole rings is 1. The van der Waals surface area contributed by atoms with Crippen molar-refractivity contribution in [3.63, 3.8) is 0 Å². The van der Waals surface area contributed by atoms with Gasteiger partial charge in [-0.05, 0) is 43.5 Å². The second-order valence-electron chi connectivity index (χ2n) is 8.60. The highest BCUT2D eigenvalue weighted by Gasteiger charge is 2.48. The van der Waals surface area contributed by atoms with Crippen LogP contribution in [0.15, 0.2) is 72.3 Å². The second-order valence-corrected chi connectivity index (χ2v) is 9.61. The summed E-state index contributed by atoms with van der Waals surface area (Å²) in [5, 5.41) is 11.7. The fourth-order valence-corrected chi connectivity index (χ4v) is 5.30. The molecule has 3 aromatic carbocycles. The molecule has 1 amide bonds. The Labute approximate surface area is 202 Å². The van der Waals surface area contributed by atoms with Crippen LogP contribution in [-0.4, -0.2) is 21.8 Å². The number of aliphatic hydroxyl groups is 1. The van der Waals surface area contributed by atoms with Gasteiger partial charge in [-0.1, -0.05) is 84.0 Å². The van der Waals surface area contributed by atoms with Crippen molar-refractivity contribution in [2.24, 2.45) is 0 Å². The molecule has 5 nitrogen and oxygen atoms in total. The first-order valence-corrected chi connectivity index (χ1v) is 12.0. The number of hydrogen-bond donors (Lipinski definition) is 1. The average Bonchev–Trinajstić information content (AvgIpc) is 3.37. The van der Waals surface area contributed by atoms with Crippen molar-refractivity contribution in [2.75, 3.05) is 4.90 Å². The Balaban J connectivity index is 1.71. The van der Waals surface area contributed by atoms with E-state index in [1.807, 2.05) is 62.4 Å². The van der Waals surface area contributed by atoms with Gasteiger partial charge in [0.05, 0.1) is 21.8 Å². The van der Waals surface area contributed by atoms with E-state index in [1.165, 1.54) is 21.8 Å². The molecule has 1 fully saturated rings. The zero-order chi connectivity index (χ0) is 24.0. The largest absolute Gasteiger partial charge is 0.507 e. The molecule has 1 atom stereocenters. The van der Waals surface area contributed by atoms with Gasteiger partial charge < -0.3 is 5.11 Å². The predicted molar refractivity (Wildman–Crippen MR) is 136 cm³/mol. The normalized spacial score (nSPS) is 17.6. The van der Waals surface area contributed by atoms with Crippen molar-refractivity contribution in [3.05, 3.63) is 100 Å². The summed E-state index contributed by atoms with van der Waals surface area (Å²) in [4.78, 5) is 32.8. The first kappa shape index (κ1) is 22.0. The molecule has 6 heteroatoms. The number of aryl methyl sites for hydroxylation is 3. The van der Waals surface area contributed by atoms with E-state index in [2.05, 4.69) is 13.0 Å². The smallest absolute Gasteiger partial charge is 0.301 e. The number of carbonyl (C=O) groups is 2. The van der Waals surface area contributed by atoms with Crippen LogP contribution >= 0.6 is 11.3 Å². The minimum absolute atomic E-state index is 0.0752. The van der Waals surface area contributed by atoms with Gasteiger partial charge in [-0.15, -0.1) is 0 Å². The van der Waals surface area contributed by atoms with Crippen LogP contribution in [0, 0.1) is 13.8 Å². The summed E-state index contributed by atoms with van der Waals surface area (Å²) >= 11 is 1.38. The number of fused-ring (bicyclic) bond motifs is 1. The number of ketones is 1. The summed E-state index contributed by atoms with van der Waals surface area (Å²) in [6.07, 6.45) is 0.896. The Morgan fingerprint density at radius 2 is 1.62 bits per heavy atom.